The monoisotopic (exact) mass is 331 g/mol. The summed E-state index contributed by atoms with van der Waals surface area (Å²) in [4.78, 5) is 17.1. The molecule has 1 N–H and O–H groups in total. The molecule has 7 heteroatoms. The number of likely N-dealkylation sites (tertiary alicyclic amines) is 1. The molecule has 0 spiro atoms. The third-order valence-corrected chi connectivity index (χ3v) is 4.45. The van der Waals surface area contributed by atoms with E-state index < -0.39 is 4.92 Å². The maximum atomic E-state index is 10.7. The Hall–Kier alpha value is -2.25. The summed E-state index contributed by atoms with van der Waals surface area (Å²) < 4.78 is 5.53. The van der Waals surface area contributed by atoms with Crippen LogP contribution in [0, 0.1) is 10.1 Å². The van der Waals surface area contributed by atoms with Gasteiger partial charge in [0.25, 0.3) is 5.69 Å². The average Bonchev–Trinajstić information content (AvgIpc) is 3.05. The number of rotatable bonds is 6. The molecule has 0 amide bonds. The van der Waals surface area contributed by atoms with Gasteiger partial charge in [0.1, 0.15) is 6.26 Å². The molecule has 1 aliphatic heterocycles. The highest BCUT2D eigenvalue weighted by atomic mass is 16.6. The largest absolute Gasteiger partial charge is 0.444 e. The number of aromatic nitrogens is 1. The first kappa shape index (κ1) is 16.6. The molecule has 3 rings (SSSR count). The van der Waals surface area contributed by atoms with E-state index in [-0.39, 0.29) is 12.3 Å². The number of oxazole rings is 1. The third-order valence-electron chi connectivity index (χ3n) is 4.45. The lowest BCUT2D eigenvalue weighted by atomic mass is 9.99. The minimum Gasteiger partial charge on any atom is -0.444 e. The second kappa shape index (κ2) is 7.55. The third kappa shape index (κ3) is 3.80. The van der Waals surface area contributed by atoms with Crippen LogP contribution in [0.1, 0.15) is 31.4 Å². The minimum absolute atomic E-state index is 0.0469. The minimum atomic E-state index is -0.428. The van der Waals surface area contributed by atoms with E-state index in [9.17, 15) is 15.2 Å². The number of nitro benzene ring substituents is 1. The van der Waals surface area contributed by atoms with Gasteiger partial charge >= 0.3 is 0 Å². The maximum Gasteiger partial charge on any atom is 0.269 e. The van der Waals surface area contributed by atoms with Crippen LogP contribution < -0.4 is 0 Å². The summed E-state index contributed by atoms with van der Waals surface area (Å²) in [6, 6.07) is 6.57. The van der Waals surface area contributed by atoms with Crippen LogP contribution in [0.4, 0.5) is 5.69 Å². The molecule has 2 aromatic rings. The molecule has 1 aromatic carbocycles. The predicted molar refractivity (Wildman–Crippen MR) is 88.3 cm³/mol. The van der Waals surface area contributed by atoms with Gasteiger partial charge in [-0.25, -0.2) is 4.98 Å². The highest BCUT2D eigenvalue weighted by Crippen LogP contribution is 2.25. The number of non-ortho nitro benzene ring substituents is 1. The van der Waals surface area contributed by atoms with Gasteiger partial charge in [-0.15, -0.1) is 0 Å². The van der Waals surface area contributed by atoms with E-state index in [2.05, 4.69) is 9.88 Å². The van der Waals surface area contributed by atoms with Gasteiger partial charge in [0.15, 0.2) is 0 Å². The molecule has 1 fully saturated rings. The highest BCUT2D eigenvalue weighted by molar-refractivity contribution is 5.55. The van der Waals surface area contributed by atoms with Crippen molar-refractivity contribution in [3.63, 3.8) is 0 Å². The van der Waals surface area contributed by atoms with Crippen LogP contribution in [-0.2, 0) is 6.54 Å². The van der Waals surface area contributed by atoms with Crippen molar-refractivity contribution in [2.45, 2.75) is 38.3 Å². The Balaban J connectivity index is 1.69. The Labute approximate surface area is 140 Å². The topological polar surface area (TPSA) is 92.6 Å². The zero-order valence-corrected chi connectivity index (χ0v) is 13.4. The lowest BCUT2D eigenvalue weighted by Gasteiger charge is -2.34. The second-order valence-electron chi connectivity index (χ2n) is 6.08. The standard InChI is InChI=1S/C17H21N3O4/c21-10-8-15-3-1-2-9-19(15)11-14-12-24-17(18-14)13-4-6-16(7-5-13)20(22)23/h4-7,12,15,21H,1-3,8-11H2. The number of benzene rings is 1. The Morgan fingerprint density at radius 1 is 1.33 bits per heavy atom. The van der Waals surface area contributed by atoms with Crippen LogP contribution in [-0.4, -0.2) is 39.1 Å². The molecular formula is C17H21N3O4. The Bertz CT molecular complexity index is 681. The van der Waals surface area contributed by atoms with Crippen molar-refractivity contribution >= 4 is 5.69 Å². The first-order valence-corrected chi connectivity index (χ1v) is 8.21. The number of nitrogens with zero attached hydrogens (tertiary/aromatic N) is 3. The van der Waals surface area contributed by atoms with Crippen LogP contribution in [0.2, 0.25) is 0 Å². The summed E-state index contributed by atoms with van der Waals surface area (Å²) in [7, 11) is 0. The van der Waals surface area contributed by atoms with Gasteiger partial charge in [-0.3, -0.25) is 15.0 Å². The fourth-order valence-corrected chi connectivity index (χ4v) is 3.19. The van der Waals surface area contributed by atoms with Crippen LogP contribution in [0.15, 0.2) is 34.9 Å². The Morgan fingerprint density at radius 2 is 2.12 bits per heavy atom. The van der Waals surface area contributed by atoms with Gasteiger partial charge in [-0.05, 0) is 37.9 Å². The van der Waals surface area contributed by atoms with E-state index in [1.807, 2.05) is 0 Å². The Morgan fingerprint density at radius 3 is 2.83 bits per heavy atom. The van der Waals surface area contributed by atoms with E-state index in [0.29, 0.717) is 18.5 Å². The summed E-state index contributed by atoms with van der Waals surface area (Å²) in [5.74, 6) is 0.468. The first-order valence-electron chi connectivity index (χ1n) is 8.21. The molecular weight excluding hydrogens is 310 g/mol. The fourth-order valence-electron chi connectivity index (χ4n) is 3.19. The number of piperidine rings is 1. The van der Waals surface area contributed by atoms with Gasteiger partial charge in [-0.2, -0.15) is 0 Å². The van der Waals surface area contributed by atoms with Crippen molar-refractivity contribution in [3.05, 3.63) is 46.3 Å². The lowest BCUT2D eigenvalue weighted by molar-refractivity contribution is -0.384. The molecule has 1 aliphatic rings. The quantitative estimate of drug-likeness (QED) is 0.646. The average molecular weight is 331 g/mol. The van der Waals surface area contributed by atoms with E-state index in [1.54, 1.807) is 18.4 Å². The SMILES string of the molecule is O=[N+]([O-])c1ccc(-c2nc(CN3CCCCC3CCO)co2)cc1. The number of hydrogen-bond donors (Lipinski definition) is 1. The molecule has 7 nitrogen and oxygen atoms in total. The molecule has 2 heterocycles. The molecule has 1 saturated heterocycles. The van der Waals surface area contributed by atoms with Crippen molar-refractivity contribution in [1.82, 2.24) is 9.88 Å². The highest BCUT2D eigenvalue weighted by Gasteiger charge is 2.23. The molecule has 128 valence electrons. The summed E-state index contributed by atoms with van der Waals surface area (Å²) in [6.45, 7) is 1.90. The Kier molecular flexibility index (Phi) is 5.22. The molecule has 0 bridgehead atoms. The number of aliphatic hydroxyl groups is 1. The zero-order valence-electron chi connectivity index (χ0n) is 13.4. The van der Waals surface area contributed by atoms with Crippen LogP contribution in [0.3, 0.4) is 0 Å². The lowest BCUT2D eigenvalue weighted by Crippen LogP contribution is -2.39. The van der Waals surface area contributed by atoms with E-state index in [1.165, 1.54) is 18.6 Å². The van der Waals surface area contributed by atoms with Crippen molar-refractivity contribution in [1.29, 1.82) is 0 Å². The van der Waals surface area contributed by atoms with Gasteiger partial charge in [0.05, 0.1) is 10.6 Å². The van der Waals surface area contributed by atoms with Gasteiger partial charge in [0, 0.05) is 36.9 Å². The molecule has 0 saturated carbocycles. The fraction of sp³-hybridized carbons (Fsp3) is 0.471. The van der Waals surface area contributed by atoms with Crippen molar-refractivity contribution in [2.24, 2.45) is 0 Å². The molecule has 0 radical (unpaired) electrons. The first-order chi connectivity index (χ1) is 11.7. The zero-order chi connectivity index (χ0) is 16.9. The van der Waals surface area contributed by atoms with Crippen LogP contribution in [0.25, 0.3) is 11.5 Å². The van der Waals surface area contributed by atoms with Crippen LogP contribution in [0.5, 0.6) is 0 Å². The second-order valence-corrected chi connectivity index (χ2v) is 6.08. The summed E-state index contributed by atoms with van der Waals surface area (Å²) >= 11 is 0. The smallest absolute Gasteiger partial charge is 0.269 e. The van der Waals surface area contributed by atoms with Gasteiger partial charge in [-0.1, -0.05) is 6.42 Å². The summed E-state index contributed by atoms with van der Waals surface area (Å²) in [5, 5.41) is 19.9. The normalized spacial score (nSPS) is 18.6. The summed E-state index contributed by atoms with van der Waals surface area (Å²) in [5.41, 5.74) is 1.61. The number of nitro groups is 1. The van der Waals surface area contributed by atoms with Gasteiger partial charge < -0.3 is 9.52 Å². The van der Waals surface area contributed by atoms with Crippen molar-refractivity contribution in [3.8, 4) is 11.5 Å². The number of hydrogen-bond acceptors (Lipinski definition) is 6. The molecule has 1 unspecified atom stereocenters. The molecule has 1 atom stereocenters. The van der Waals surface area contributed by atoms with Crippen molar-refractivity contribution < 1.29 is 14.4 Å². The molecule has 1 aromatic heterocycles. The molecule has 24 heavy (non-hydrogen) atoms. The van der Waals surface area contributed by atoms with Crippen LogP contribution >= 0.6 is 0 Å². The number of aliphatic hydroxyl groups excluding tert-OH is 1. The van der Waals surface area contributed by atoms with Crippen molar-refractivity contribution in [2.75, 3.05) is 13.2 Å². The van der Waals surface area contributed by atoms with E-state index >= 15 is 0 Å². The maximum absolute atomic E-state index is 10.7. The predicted octanol–water partition coefficient (Wildman–Crippen LogP) is 2.99. The van der Waals surface area contributed by atoms with E-state index in [0.717, 1.165) is 37.1 Å². The summed E-state index contributed by atoms with van der Waals surface area (Å²) in [6.07, 6.45) is 5.89. The van der Waals surface area contributed by atoms with E-state index in [4.69, 9.17) is 4.42 Å². The van der Waals surface area contributed by atoms with Gasteiger partial charge in [0.2, 0.25) is 5.89 Å². The molecule has 0 aliphatic carbocycles.